The first-order valence-corrected chi connectivity index (χ1v) is 9.05. The molecule has 27 heavy (non-hydrogen) atoms. The van der Waals surface area contributed by atoms with Gasteiger partial charge in [0.1, 0.15) is 0 Å². The van der Waals surface area contributed by atoms with E-state index in [1.54, 1.807) is 43.5 Å². The standard InChI is InChI=1S/C20H23N3O4/c1-2-26-20(25)14-5-7-16(8-6-14)23-17-10-15(11-21-12-17)19(24)22-13-18-4-3-9-27-18/h5-8,10-12,18,23H,2-4,9,13H2,1H3,(H,22,24). The van der Waals surface area contributed by atoms with Gasteiger partial charge in [0.05, 0.1) is 35.7 Å². The van der Waals surface area contributed by atoms with E-state index in [0.29, 0.717) is 30.0 Å². The molecule has 3 rings (SSSR count). The van der Waals surface area contributed by atoms with E-state index < -0.39 is 0 Å². The number of hydrogen-bond acceptors (Lipinski definition) is 6. The third kappa shape index (κ3) is 5.27. The summed E-state index contributed by atoms with van der Waals surface area (Å²) in [6, 6.07) is 8.65. The quantitative estimate of drug-likeness (QED) is 0.730. The van der Waals surface area contributed by atoms with Gasteiger partial charge in [0.25, 0.3) is 5.91 Å². The first kappa shape index (κ1) is 18.8. The Hall–Kier alpha value is -2.93. The zero-order chi connectivity index (χ0) is 19.1. The Morgan fingerprint density at radius 1 is 1.19 bits per heavy atom. The molecule has 7 nitrogen and oxygen atoms in total. The second-order valence-electron chi connectivity index (χ2n) is 6.23. The Morgan fingerprint density at radius 2 is 2.00 bits per heavy atom. The van der Waals surface area contributed by atoms with Gasteiger partial charge in [0, 0.05) is 25.0 Å². The molecule has 7 heteroatoms. The molecule has 142 valence electrons. The fourth-order valence-corrected chi connectivity index (χ4v) is 2.82. The van der Waals surface area contributed by atoms with Crippen molar-refractivity contribution in [1.82, 2.24) is 10.3 Å². The van der Waals surface area contributed by atoms with Crippen molar-refractivity contribution in [1.29, 1.82) is 0 Å². The van der Waals surface area contributed by atoms with Gasteiger partial charge in [0.15, 0.2) is 0 Å². The van der Waals surface area contributed by atoms with E-state index in [1.165, 1.54) is 6.20 Å². The number of rotatable bonds is 7. The molecule has 1 fully saturated rings. The second-order valence-corrected chi connectivity index (χ2v) is 6.23. The average Bonchev–Trinajstić information content (AvgIpc) is 3.21. The molecule has 1 aromatic carbocycles. The lowest BCUT2D eigenvalue weighted by Gasteiger charge is -2.12. The van der Waals surface area contributed by atoms with Gasteiger partial charge < -0.3 is 20.1 Å². The Balaban J connectivity index is 1.59. The van der Waals surface area contributed by atoms with Gasteiger partial charge in [-0.2, -0.15) is 0 Å². The average molecular weight is 369 g/mol. The first-order chi connectivity index (χ1) is 13.2. The number of amides is 1. The van der Waals surface area contributed by atoms with Crippen LogP contribution in [0.2, 0.25) is 0 Å². The Labute approximate surface area is 158 Å². The zero-order valence-electron chi connectivity index (χ0n) is 15.2. The summed E-state index contributed by atoms with van der Waals surface area (Å²) >= 11 is 0. The van der Waals surface area contributed by atoms with Gasteiger partial charge in [-0.1, -0.05) is 0 Å². The predicted octanol–water partition coefficient (Wildman–Crippen LogP) is 2.91. The van der Waals surface area contributed by atoms with Crippen LogP contribution in [0.15, 0.2) is 42.7 Å². The minimum absolute atomic E-state index is 0.0983. The lowest BCUT2D eigenvalue weighted by atomic mass is 10.2. The van der Waals surface area contributed by atoms with Crippen LogP contribution in [0.25, 0.3) is 0 Å². The van der Waals surface area contributed by atoms with Gasteiger partial charge in [-0.3, -0.25) is 9.78 Å². The molecule has 0 spiro atoms. The van der Waals surface area contributed by atoms with Crippen LogP contribution in [-0.2, 0) is 9.47 Å². The molecule has 1 aliphatic heterocycles. The van der Waals surface area contributed by atoms with Gasteiger partial charge in [-0.25, -0.2) is 4.79 Å². The van der Waals surface area contributed by atoms with Crippen molar-refractivity contribution in [3.8, 4) is 0 Å². The number of benzene rings is 1. The molecular formula is C20H23N3O4. The maximum absolute atomic E-state index is 12.3. The van der Waals surface area contributed by atoms with Crippen LogP contribution < -0.4 is 10.6 Å². The Morgan fingerprint density at radius 3 is 2.70 bits per heavy atom. The highest BCUT2D eigenvalue weighted by molar-refractivity contribution is 5.95. The van der Waals surface area contributed by atoms with Crippen LogP contribution in [0.1, 0.15) is 40.5 Å². The van der Waals surface area contributed by atoms with Crippen molar-refractivity contribution in [2.45, 2.75) is 25.9 Å². The molecule has 0 aliphatic carbocycles. The zero-order valence-corrected chi connectivity index (χ0v) is 15.2. The minimum atomic E-state index is -0.351. The highest BCUT2D eigenvalue weighted by atomic mass is 16.5. The molecule has 1 unspecified atom stereocenters. The first-order valence-electron chi connectivity index (χ1n) is 9.05. The highest BCUT2D eigenvalue weighted by Crippen LogP contribution is 2.18. The third-order valence-corrected chi connectivity index (χ3v) is 4.20. The number of pyridine rings is 1. The molecule has 1 aliphatic rings. The van der Waals surface area contributed by atoms with Crippen molar-refractivity contribution in [2.75, 3.05) is 25.1 Å². The topological polar surface area (TPSA) is 89.5 Å². The summed E-state index contributed by atoms with van der Waals surface area (Å²) in [7, 11) is 0. The van der Waals surface area contributed by atoms with Crippen LogP contribution in [0, 0.1) is 0 Å². The number of nitrogens with one attached hydrogen (secondary N) is 2. The fraction of sp³-hybridized carbons (Fsp3) is 0.350. The van der Waals surface area contributed by atoms with Gasteiger partial charge in [-0.05, 0) is 50.1 Å². The van der Waals surface area contributed by atoms with Crippen LogP contribution in [0.5, 0.6) is 0 Å². The summed E-state index contributed by atoms with van der Waals surface area (Å²) in [6.45, 7) is 3.37. The molecule has 2 N–H and O–H groups in total. The summed E-state index contributed by atoms with van der Waals surface area (Å²) in [5, 5.41) is 6.06. The molecule has 0 bridgehead atoms. The number of ether oxygens (including phenoxy) is 2. The number of nitrogens with zero attached hydrogens (tertiary/aromatic N) is 1. The molecule has 1 amide bonds. The van der Waals surface area contributed by atoms with Crippen molar-refractivity contribution in [3.05, 3.63) is 53.9 Å². The number of hydrogen-bond donors (Lipinski definition) is 2. The normalized spacial score (nSPS) is 16.0. The molecule has 0 saturated carbocycles. The summed E-state index contributed by atoms with van der Waals surface area (Å²) in [5.41, 5.74) is 2.43. The summed E-state index contributed by atoms with van der Waals surface area (Å²) in [5.74, 6) is -0.532. The van der Waals surface area contributed by atoms with Crippen LogP contribution in [-0.4, -0.2) is 42.7 Å². The van der Waals surface area contributed by atoms with E-state index >= 15 is 0 Å². The molecule has 1 aromatic heterocycles. The number of anilines is 2. The molecular weight excluding hydrogens is 346 g/mol. The lowest BCUT2D eigenvalue weighted by molar-refractivity contribution is 0.0526. The molecule has 1 atom stereocenters. The second kappa shape index (κ2) is 9.14. The predicted molar refractivity (Wildman–Crippen MR) is 101 cm³/mol. The van der Waals surface area contributed by atoms with E-state index in [-0.39, 0.29) is 18.0 Å². The molecule has 1 saturated heterocycles. The Kier molecular flexibility index (Phi) is 6.38. The SMILES string of the molecule is CCOC(=O)c1ccc(Nc2cncc(C(=O)NCC3CCCO3)c2)cc1. The maximum Gasteiger partial charge on any atom is 0.338 e. The maximum atomic E-state index is 12.3. The van der Waals surface area contributed by atoms with Crippen molar-refractivity contribution in [3.63, 3.8) is 0 Å². The van der Waals surface area contributed by atoms with Crippen molar-refractivity contribution in [2.24, 2.45) is 0 Å². The third-order valence-electron chi connectivity index (χ3n) is 4.20. The summed E-state index contributed by atoms with van der Waals surface area (Å²) in [4.78, 5) is 28.1. The number of esters is 1. The minimum Gasteiger partial charge on any atom is -0.462 e. The van der Waals surface area contributed by atoms with Crippen molar-refractivity contribution >= 4 is 23.3 Å². The van der Waals surface area contributed by atoms with E-state index in [0.717, 1.165) is 25.1 Å². The number of carbonyl (C=O) groups is 2. The highest BCUT2D eigenvalue weighted by Gasteiger charge is 2.17. The van der Waals surface area contributed by atoms with E-state index in [9.17, 15) is 9.59 Å². The summed E-state index contributed by atoms with van der Waals surface area (Å²) < 4.78 is 10.5. The van der Waals surface area contributed by atoms with Gasteiger partial charge in [-0.15, -0.1) is 0 Å². The monoisotopic (exact) mass is 369 g/mol. The Bertz CT molecular complexity index is 786. The molecule has 2 aromatic rings. The van der Waals surface area contributed by atoms with Gasteiger partial charge in [0.2, 0.25) is 0 Å². The largest absolute Gasteiger partial charge is 0.462 e. The number of aromatic nitrogens is 1. The fourth-order valence-electron chi connectivity index (χ4n) is 2.82. The van der Waals surface area contributed by atoms with Crippen molar-refractivity contribution < 1.29 is 19.1 Å². The van der Waals surface area contributed by atoms with E-state index in [2.05, 4.69) is 15.6 Å². The number of carbonyl (C=O) groups excluding carboxylic acids is 2. The van der Waals surface area contributed by atoms with Crippen LogP contribution >= 0.6 is 0 Å². The smallest absolute Gasteiger partial charge is 0.338 e. The summed E-state index contributed by atoms with van der Waals surface area (Å²) in [6.07, 6.45) is 5.27. The van der Waals surface area contributed by atoms with Crippen LogP contribution in [0.3, 0.4) is 0 Å². The van der Waals surface area contributed by atoms with Crippen LogP contribution in [0.4, 0.5) is 11.4 Å². The molecule has 0 radical (unpaired) electrons. The van der Waals surface area contributed by atoms with E-state index in [4.69, 9.17) is 9.47 Å². The van der Waals surface area contributed by atoms with Gasteiger partial charge >= 0.3 is 5.97 Å². The lowest BCUT2D eigenvalue weighted by Crippen LogP contribution is -2.31. The molecule has 2 heterocycles. The van der Waals surface area contributed by atoms with E-state index in [1.807, 2.05) is 0 Å².